The van der Waals surface area contributed by atoms with Crippen molar-refractivity contribution in [1.82, 2.24) is 20.4 Å². The average Bonchev–Trinajstić information content (AvgIpc) is 3.20. The van der Waals surface area contributed by atoms with Gasteiger partial charge < -0.3 is 15.1 Å². The van der Waals surface area contributed by atoms with Crippen LogP contribution in [-0.2, 0) is 9.59 Å². The van der Waals surface area contributed by atoms with Gasteiger partial charge in [0.25, 0.3) is 0 Å². The van der Waals surface area contributed by atoms with E-state index in [1.54, 1.807) is 0 Å². The lowest BCUT2D eigenvalue weighted by molar-refractivity contribution is -0.136. The number of nitrogens with zero attached hydrogens (tertiary/aromatic N) is 3. The van der Waals surface area contributed by atoms with Gasteiger partial charge in [0.2, 0.25) is 11.8 Å². The zero-order valence-corrected chi connectivity index (χ0v) is 17.6. The quantitative estimate of drug-likeness (QED) is 0.633. The van der Waals surface area contributed by atoms with Crippen LogP contribution in [0.5, 0.6) is 0 Å². The van der Waals surface area contributed by atoms with E-state index in [4.69, 9.17) is 0 Å². The van der Waals surface area contributed by atoms with Crippen molar-refractivity contribution in [2.45, 2.75) is 13.0 Å². The molecule has 1 atom stereocenters. The summed E-state index contributed by atoms with van der Waals surface area (Å²) < 4.78 is 0.929. The van der Waals surface area contributed by atoms with Crippen molar-refractivity contribution >= 4 is 44.3 Å². The maximum atomic E-state index is 13.2. The summed E-state index contributed by atoms with van der Waals surface area (Å²) in [5.74, 6) is -0.300. The second-order valence-electron chi connectivity index (χ2n) is 7.14. The Morgan fingerprint density at radius 2 is 1.83 bits per heavy atom. The number of carbonyl (C=O) groups is 2. The summed E-state index contributed by atoms with van der Waals surface area (Å²) in [7, 11) is 0. The van der Waals surface area contributed by atoms with E-state index in [1.165, 1.54) is 6.92 Å². The second-order valence-corrected chi connectivity index (χ2v) is 8.05. The predicted octanol–water partition coefficient (Wildman–Crippen LogP) is 2.85. The summed E-state index contributed by atoms with van der Waals surface area (Å²) in [6, 6.07) is 13.0. The molecule has 2 aromatic carbocycles. The highest BCUT2D eigenvalue weighted by molar-refractivity contribution is 9.10. The van der Waals surface area contributed by atoms with Crippen molar-refractivity contribution in [2.24, 2.45) is 0 Å². The highest BCUT2D eigenvalue weighted by Gasteiger charge is 2.29. The molecular weight excluding hydrogens is 434 g/mol. The third-order valence-electron chi connectivity index (χ3n) is 5.18. The Bertz CT molecular complexity index is 1020. The normalized spacial score (nSPS) is 15.4. The number of aromatic amines is 1. The number of halogens is 1. The lowest BCUT2D eigenvalue weighted by atomic mass is 10.0. The molecule has 0 saturated carbocycles. The number of amides is 2. The van der Waals surface area contributed by atoms with Gasteiger partial charge in [-0.1, -0.05) is 28.1 Å². The minimum Gasteiger partial charge on any atom is -0.368 e. The maximum Gasteiger partial charge on any atom is 0.249 e. The van der Waals surface area contributed by atoms with E-state index in [0.29, 0.717) is 13.1 Å². The van der Waals surface area contributed by atoms with E-state index in [-0.39, 0.29) is 11.8 Å². The standard InChI is InChI=1S/C21H22BrN5O2/c1-14(28)24-20(15-2-4-17(22)5-3-15)21(29)27-10-8-26(9-11-27)18-6-7-19-16(12-18)13-23-25-19/h2-7,12-13,20H,8-11H2,1H3,(H,23,25)(H,24,28). The van der Waals surface area contributed by atoms with Gasteiger partial charge >= 0.3 is 0 Å². The van der Waals surface area contributed by atoms with Crippen molar-refractivity contribution in [3.05, 3.63) is 58.7 Å². The third-order valence-corrected chi connectivity index (χ3v) is 5.71. The zero-order chi connectivity index (χ0) is 20.4. The summed E-state index contributed by atoms with van der Waals surface area (Å²) in [5, 5.41) is 10.9. The van der Waals surface area contributed by atoms with Crippen molar-refractivity contribution in [2.75, 3.05) is 31.1 Å². The summed E-state index contributed by atoms with van der Waals surface area (Å²) >= 11 is 3.41. The third kappa shape index (κ3) is 4.27. The summed E-state index contributed by atoms with van der Waals surface area (Å²) in [4.78, 5) is 29.0. The van der Waals surface area contributed by atoms with Crippen LogP contribution in [0.4, 0.5) is 5.69 Å². The number of hydrogen-bond acceptors (Lipinski definition) is 4. The monoisotopic (exact) mass is 455 g/mol. The van der Waals surface area contributed by atoms with E-state index in [2.05, 4.69) is 48.5 Å². The maximum absolute atomic E-state index is 13.2. The smallest absolute Gasteiger partial charge is 0.249 e. The van der Waals surface area contributed by atoms with Crippen LogP contribution in [0.1, 0.15) is 18.5 Å². The number of H-pyrrole nitrogens is 1. The molecule has 150 valence electrons. The van der Waals surface area contributed by atoms with Gasteiger partial charge in [0.05, 0.1) is 11.7 Å². The molecule has 1 aliphatic rings. The lowest BCUT2D eigenvalue weighted by Gasteiger charge is -2.37. The first-order chi connectivity index (χ1) is 14.0. The van der Waals surface area contributed by atoms with Gasteiger partial charge in [-0.3, -0.25) is 14.7 Å². The number of benzene rings is 2. The molecule has 0 spiro atoms. The fraction of sp³-hybridized carbons (Fsp3) is 0.286. The molecule has 4 rings (SSSR count). The SMILES string of the molecule is CC(=O)NC(C(=O)N1CCN(c2ccc3[nH]ncc3c2)CC1)c1ccc(Br)cc1. The van der Waals surface area contributed by atoms with E-state index in [9.17, 15) is 9.59 Å². The van der Waals surface area contributed by atoms with Gasteiger partial charge in [0.1, 0.15) is 6.04 Å². The molecule has 0 aliphatic carbocycles. The van der Waals surface area contributed by atoms with Crippen molar-refractivity contribution < 1.29 is 9.59 Å². The van der Waals surface area contributed by atoms with Crippen LogP contribution in [0.25, 0.3) is 10.9 Å². The van der Waals surface area contributed by atoms with Gasteiger partial charge in [0, 0.05) is 48.6 Å². The summed E-state index contributed by atoms with van der Waals surface area (Å²) in [6.07, 6.45) is 1.81. The Morgan fingerprint density at radius 1 is 1.10 bits per heavy atom. The average molecular weight is 456 g/mol. The van der Waals surface area contributed by atoms with E-state index in [0.717, 1.165) is 39.7 Å². The van der Waals surface area contributed by atoms with Gasteiger partial charge in [-0.15, -0.1) is 0 Å². The van der Waals surface area contributed by atoms with E-state index in [1.807, 2.05) is 41.4 Å². The van der Waals surface area contributed by atoms with Gasteiger partial charge in [-0.25, -0.2) is 0 Å². The van der Waals surface area contributed by atoms with Crippen LogP contribution < -0.4 is 10.2 Å². The molecule has 1 fully saturated rings. The molecule has 8 heteroatoms. The number of carbonyl (C=O) groups excluding carboxylic acids is 2. The molecule has 2 heterocycles. The molecule has 0 radical (unpaired) electrons. The number of anilines is 1. The van der Waals surface area contributed by atoms with Crippen molar-refractivity contribution in [3.63, 3.8) is 0 Å². The van der Waals surface area contributed by atoms with Crippen LogP contribution in [-0.4, -0.2) is 53.1 Å². The largest absolute Gasteiger partial charge is 0.368 e. The topological polar surface area (TPSA) is 81.3 Å². The Morgan fingerprint density at radius 3 is 2.52 bits per heavy atom. The van der Waals surface area contributed by atoms with Gasteiger partial charge in [-0.2, -0.15) is 5.10 Å². The highest BCUT2D eigenvalue weighted by atomic mass is 79.9. The number of nitrogens with one attached hydrogen (secondary N) is 2. The molecule has 1 unspecified atom stereocenters. The Kier molecular flexibility index (Phi) is 5.53. The molecule has 2 amide bonds. The van der Waals surface area contributed by atoms with Crippen molar-refractivity contribution in [1.29, 1.82) is 0 Å². The van der Waals surface area contributed by atoms with E-state index >= 15 is 0 Å². The van der Waals surface area contributed by atoms with Crippen LogP contribution in [0, 0.1) is 0 Å². The molecule has 3 aromatic rings. The molecule has 29 heavy (non-hydrogen) atoms. The highest BCUT2D eigenvalue weighted by Crippen LogP contribution is 2.24. The fourth-order valence-electron chi connectivity index (χ4n) is 3.64. The number of aromatic nitrogens is 2. The number of fused-ring (bicyclic) bond motifs is 1. The Balaban J connectivity index is 1.46. The van der Waals surface area contributed by atoms with Crippen LogP contribution in [0.2, 0.25) is 0 Å². The minimum atomic E-state index is -0.672. The minimum absolute atomic E-state index is 0.0764. The number of piperazine rings is 1. The molecule has 2 N–H and O–H groups in total. The van der Waals surface area contributed by atoms with Crippen LogP contribution in [0.3, 0.4) is 0 Å². The number of rotatable bonds is 4. The predicted molar refractivity (Wildman–Crippen MR) is 116 cm³/mol. The van der Waals surface area contributed by atoms with Crippen molar-refractivity contribution in [3.8, 4) is 0 Å². The Hall–Kier alpha value is -2.87. The molecule has 7 nitrogen and oxygen atoms in total. The lowest BCUT2D eigenvalue weighted by Crippen LogP contribution is -2.52. The van der Waals surface area contributed by atoms with Gasteiger partial charge in [-0.05, 0) is 35.9 Å². The first kappa shape index (κ1) is 19.4. The molecule has 0 bridgehead atoms. The van der Waals surface area contributed by atoms with Crippen LogP contribution >= 0.6 is 15.9 Å². The van der Waals surface area contributed by atoms with Gasteiger partial charge in [0.15, 0.2) is 0 Å². The molecule has 1 saturated heterocycles. The summed E-state index contributed by atoms with van der Waals surface area (Å²) in [6.45, 7) is 4.12. The molecular formula is C21H22BrN5O2. The first-order valence-corrected chi connectivity index (χ1v) is 10.3. The first-order valence-electron chi connectivity index (χ1n) is 9.51. The fourth-order valence-corrected chi connectivity index (χ4v) is 3.90. The molecule has 1 aliphatic heterocycles. The van der Waals surface area contributed by atoms with Crippen LogP contribution in [0.15, 0.2) is 53.1 Å². The second kappa shape index (κ2) is 8.24. The zero-order valence-electron chi connectivity index (χ0n) is 16.1. The molecule has 1 aromatic heterocycles. The van der Waals surface area contributed by atoms with E-state index < -0.39 is 6.04 Å². The number of hydrogen-bond donors (Lipinski definition) is 2. The summed E-state index contributed by atoms with van der Waals surface area (Å²) in [5.41, 5.74) is 2.91. The Labute approximate surface area is 177 Å².